The monoisotopic (exact) mass is 485 g/mol. The third-order valence-electron chi connectivity index (χ3n) is 5.48. The number of carbonyl (C=O) groups excluding carboxylic acids is 3. The molecule has 0 radical (unpaired) electrons. The van der Waals surface area contributed by atoms with Crippen molar-refractivity contribution in [3.63, 3.8) is 0 Å². The molecule has 0 bridgehead atoms. The Morgan fingerprint density at radius 2 is 1.97 bits per heavy atom. The Labute approximate surface area is 202 Å². The molecule has 0 aliphatic carbocycles. The van der Waals surface area contributed by atoms with E-state index in [2.05, 4.69) is 22.1 Å². The van der Waals surface area contributed by atoms with Crippen LogP contribution in [0.2, 0.25) is 0 Å². The normalized spacial score (nSPS) is 19.5. The molecule has 0 saturated carbocycles. The molecule has 3 N–H and O–H groups in total. The number of methoxy groups -OCH3 is 1. The lowest BCUT2D eigenvalue weighted by Crippen LogP contribution is -2.34. The molecule has 1 aliphatic heterocycles. The molecule has 35 heavy (non-hydrogen) atoms. The van der Waals surface area contributed by atoms with Crippen LogP contribution in [0.4, 0.5) is 4.39 Å². The van der Waals surface area contributed by atoms with Crippen molar-refractivity contribution in [3.05, 3.63) is 29.5 Å². The van der Waals surface area contributed by atoms with Gasteiger partial charge in [0.15, 0.2) is 6.17 Å². The van der Waals surface area contributed by atoms with Crippen LogP contribution in [0.5, 0.6) is 11.6 Å². The summed E-state index contributed by atoms with van der Waals surface area (Å²) in [5.41, 5.74) is 5.23. The molecular formula is C25H28FN3O6. The van der Waals surface area contributed by atoms with Crippen LogP contribution in [0.3, 0.4) is 0 Å². The largest absolute Gasteiger partial charge is 0.496 e. The summed E-state index contributed by atoms with van der Waals surface area (Å²) in [5, 5.41) is 3.47. The summed E-state index contributed by atoms with van der Waals surface area (Å²) in [4.78, 5) is 40.1. The van der Waals surface area contributed by atoms with Gasteiger partial charge in [0.05, 0.1) is 24.3 Å². The summed E-state index contributed by atoms with van der Waals surface area (Å²) in [6, 6.07) is 2.48. The molecule has 2 amide bonds. The van der Waals surface area contributed by atoms with Gasteiger partial charge >= 0.3 is 5.97 Å². The van der Waals surface area contributed by atoms with Crippen LogP contribution in [0.1, 0.15) is 50.0 Å². The number of carbonyl (C=O) groups is 3. The minimum atomic E-state index is -1.60. The average molecular weight is 486 g/mol. The first kappa shape index (κ1) is 25.7. The van der Waals surface area contributed by atoms with Crippen molar-refractivity contribution in [2.24, 2.45) is 11.7 Å². The Bertz CT molecular complexity index is 1230. The van der Waals surface area contributed by atoms with Crippen LogP contribution < -0.4 is 20.5 Å². The van der Waals surface area contributed by atoms with Gasteiger partial charge in [0.2, 0.25) is 5.88 Å². The fraction of sp³-hybridized carbons (Fsp3) is 0.440. The molecule has 3 atom stereocenters. The molecule has 2 aromatic rings. The lowest BCUT2D eigenvalue weighted by Gasteiger charge is -2.19. The first-order chi connectivity index (χ1) is 16.4. The number of amides is 2. The predicted molar refractivity (Wildman–Crippen MR) is 126 cm³/mol. The van der Waals surface area contributed by atoms with Crippen molar-refractivity contribution >= 4 is 28.6 Å². The van der Waals surface area contributed by atoms with E-state index in [1.165, 1.54) is 25.4 Å². The summed E-state index contributed by atoms with van der Waals surface area (Å²) >= 11 is 0. The number of primary amides is 1. The number of esters is 1. The summed E-state index contributed by atoms with van der Waals surface area (Å²) in [7, 11) is 1.38. The minimum absolute atomic E-state index is 0.0183. The van der Waals surface area contributed by atoms with E-state index in [1.54, 1.807) is 27.7 Å². The van der Waals surface area contributed by atoms with Gasteiger partial charge in [-0.1, -0.05) is 12.8 Å². The SMILES string of the molecule is CC[C@@H]1[C@H](F)C(=O)N[C@@H]1COc1ncc(C#CC(=O)OC(C)(C)C)c2cc(C(N)=O)c(OC)cc12. The van der Waals surface area contributed by atoms with E-state index in [0.29, 0.717) is 22.8 Å². The van der Waals surface area contributed by atoms with Gasteiger partial charge in [0.25, 0.3) is 11.8 Å². The second kappa shape index (κ2) is 10.2. The number of hydrogen-bond donors (Lipinski definition) is 2. The summed E-state index contributed by atoms with van der Waals surface area (Å²) in [6.07, 6.45) is 0.244. The maximum Gasteiger partial charge on any atom is 0.385 e. The number of pyridine rings is 1. The number of benzene rings is 1. The molecule has 0 unspecified atom stereocenters. The Morgan fingerprint density at radius 3 is 2.57 bits per heavy atom. The molecule has 1 aromatic carbocycles. The van der Waals surface area contributed by atoms with E-state index in [1.807, 2.05) is 0 Å². The van der Waals surface area contributed by atoms with Crippen molar-refractivity contribution in [1.29, 1.82) is 0 Å². The van der Waals surface area contributed by atoms with Crippen LogP contribution in [0.25, 0.3) is 10.8 Å². The Morgan fingerprint density at radius 1 is 1.26 bits per heavy atom. The molecule has 10 heteroatoms. The van der Waals surface area contributed by atoms with Crippen LogP contribution in [0, 0.1) is 17.8 Å². The van der Waals surface area contributed by atoms with Crippen molar-refractivity contribution in [2.45, 2.75) is 51.9 Å². The zero-order valence-electron chi connectivity index (χ0n) is 20.2. The van der Waals surface area contributed by atoms with Gasteiger partial charge in [-0.05, 0) is 39.3 Å². The maximum absolute atomic E-state index is 14.1. The molecule has 3 rings (SSSR count). The summed E-state index contributed by atoms with van der Waals surface area (Å²) in [5.74, 6) is 2.86. The molecular weight excluding hydrogens is 457 g/mol. The van der Waals surface area contributed by atoms with Crippen LogP contribution in [0.15, 0.2) is 18.3 Å². The van der Waals surface area contributed by atoms with E-state index in [-0.39, 0.29) is 23.8 Å². The number of nitrogens with zero attached hydrogens (tertiary/aromatic N) is 1. The second-order valence-electron chi connectivity index (χ2n) is 9.09. The number of alkyl halides is 1. The molecule has 1 aliphatic rings. The van der Waals surface area contributed by atoms with Gasteiger partial charge in [0.1, 0.15) is 18.0 Å². The van der Waals surface area contributed by atoms with Gasteiger partial charge in [-0.2, -0.15) is 0 Å². The third-order valence-corrected chi connectivity index (χ3v) is 5.48. The number of hydrogen-bond acceptors (Lipinski definition) is 7. The van der Waals surface area contributed by atoms with Gasteiger partial charge in [-0.25, -0.2) is 14.2 Å². The van der Waals surface area contributed by atoms with Crippen molar-refractivity contribution in [1.82, 2.24) is 10.3 Å². The highest BCUT2D eigenvalue weighted by atomic mass is 19.1. The van der Waals surface area contributed by atoms with Crippen LogP contribution in [-0.4, -0.2) is 54.3 Å². The lowest BCUT2D eigenvalue weighted by atomic mass is 9.97. The molecule has 2 heterocycles. The van der Waals surface area contributed by atoms with Gasteiger partial charge < -0.3 is 25.3 Å². The van der Waals surface area contributed by atoms with E-state index >= 15 is 0 Å². The quantitative estimate of drug-likeness (QED) is 0.474. The highest BCUT2D eigenvalue weighted by Crippen LogP contribution is 2.33. The van der Waals surface area contributed by atoms with E-state index in [0.717, 1.165) is 0 Å². The smallest absolute Gasteiger partial charge is 0.385 e. The van der Waals surface area contributed by atoms with Crippen molar-refractivity contribution in [2.75, 3.05) is 13.7 Å². The highest BCUT2D eigenvalue weighted by molar-refractivity contribution is 6.03. The molecule has 1 aromatic heterocycles. The Kier molecular flexibility index (Phi) is 7.48. The standard InChI is InChI=1S/C25H28FN3O6/c1-6-14-18(29-23(32)21(14)26)12-34-24-16-10-19(33-5)17(22(27)31)9-15(16)13(11-28-24)7-8-20(30)35-25(2,3)4/h9-11,14,18,21H,6,12H2,1-5H3,(H2,27,31)(H,29,32)/t14-,18+,21-/m0/s1. The first-order valence-electron chi connectivity index (χ1n) is 11.1. The summed E-state index contributed by atoms with van der Waals surface area (Å²) < 4.78 is 30.5. The number of rotatable bonds is 6. The highest BCUT2D eigenvalue weighted by Gasteiger charge is 2.41. The van der Waals surface area contributed by atoms with Gasteiger partial charge in [-0.3, -0.25) is 9.59 Å². The molecule has 186 valence electrons. The first-order valence-corrected chi connectivity index (χ1v) is 11.1. The van der Waals surface area contributed by atoms with Crippen LogP contribution >= 0.6 is 0 Å². The molecule has 1 saturated heterocycles. The zero-order valence-corrected chi connectivity index (χ0v) is 20.2. The molecule has 1 fully saturated rings. The third kappa shape index (κ3) is 5.80. The number of nitrogens with two attached hydrogens (primary N) is 1. The van der Waals surface area contributed by atoms with Crippen molar-refractivity contribution in [3.8, 4) is 23.5 Å². The number of fused-ring (bicyclic) bond motifs is 1. The lowest BCUT2D eigenvalue weighted by molar-refractivity contribution is -0.147. The Balaban J connectivity index is 2.02. The zero-order chi connectivity index (χ0) is 25.9. The number of ether oxygens (including phenoxy) is 3. The summed E-state index contributed by atoms with van der Waals surface area (Å²) in [6.45, 7) is 6.95. The number of nitrogens with one attached hydrogen (secondary N) is 1. The van der Waals surface area contributed by atoms with E-state index < -0.39 is 41.5 Å². The average Bonchev–Trinajstić information content (AvgIpc) is 3.06. The van der Waals surface area contributed by atoms with Gasteiger partial charge in [-0.15, -0.1) is 0 Å². The fourth-order valence-electron chi connectivity index (χ4n) is 3.83. The molecule has 0 spiro atoms. The molecule has 9 nitrogen and oxygen atoms in total. The maximum atomic E-state index is 14.1. The van der Waals surface area contributed by atoms with Crippen LogP contribution in [-0.2, 0) is 14.3 Å². The predicted octanol–water partition coefficient (Wildman–Crippen LogP) is 2.28. The topological polar surface area (TPSA) is 130 Å². The second-order valence-corrected chi connectivity index (χ2v) is 9.09. The van der Waals surface area contributed by atoms with E-state index in [4.69, 9.17) is 19.9 Å². The number of halogens is 1. The number of aromatic nitrogens is 1. The van der Waals surface area contributed by atoms with Crippen molar-refractivity contribution < 1.29 is 33.0 Å². The minimum Gasteiger partial charge on any atom is -0.496 e. The van der Waals surface area contributed by atoms with E-state index in [9.17, 15) is 18.8 Å². The van der Waals surface area contributed by atoms with Gasteiger partial charge in [0, 0.05) is 28.8 Å². The Hall–Kier alpha value is -3.87. The fourth-order valence-corrected chi connectivity index (χ4v) is 3.83.